The Balaban J connectivity index is 1.32. The number of carbonyl (C=O) groups excluding carboxylic acids is 3. The van der Waals surface area contributed by atoms with E-state index in [9.17, 15) is 14.4 Å². The molecule has 1 saturated heterocycles. The maximum atomic E-state index is 12.6. The van der Waals surface area contributed by atoms with Gasteiger partial charge in [-0.05, 0) is 48.4 Å². The first kappa shape index (κ1) is 19.5. The molecule has 0 unspecified atom stereocenters. The minimum atomic E-state index is -0.857. The van der Waals surface area contributed by atoms with Gasteiger partial charge in [-0.1, -0.05) is 12.1 Å². The highest BCUT2D eigenvalue weighted by Gasteiger charge is 2.38. The van der Waals surface area contributed by atoms with Crippen molar-refractivity contribution in [3.05, 3.63) is 60.3 Å². The lowest BCUT2D eigenvalue weighted by atomic mass is 10.1. The molecule has 30 heavy (non-hydrogen) atoms. The Morgan fingerprint density at radius 1 is 1.13 bits per heavy atom. The van der Waals surface area contributed by atoms with Gasteiger partial charge in [0.1, 0.15) is 11.8 Å². The first-order valence-electron chi connectivity index (χ1n) is 9.65. The molecule has 2 aromatic carbocycles. The molecule has 3 N–H and O–H groups in total. The van der Waals surface area contributed by atoms with E-state index in [2.05, 4.69) is 15.6 Å². The van der Waals surface area contributed by atoms with Gasteiger partial charge in [0.05, 0.1) is 13.5 Å². The van der Waals surface area contributed by atoms with Gasteiger partial charge in [-0.25, -0.2) is 4.79 Å². The number of rotatable bonds is 7. The highest BCUT2D eigenvalue weighted by Crippen LogP contribution is 2.19. The summed E-state index contributed by atoms with van der Waals surface area (Å²) >= 11 is 0. The number of fused-ring (bicyclic) bond motifs is 1. The summed E-state index contributed by atoms with van der Waals surface area (Å²) in [6.45, 7) is 0.249. The first-order chi connectivity index (χ1) is 14.5. The molecule has 0 spiro atoms. The highest BCUT2D eigenvalue weighted by atomic mass is 16.5. The topological polar surface area (TPSA) is 104 Å². The van der Waals surface area contributed by atoms with Crippen LogP contribution in [0.25, 0.3) is 10.9 Å². The first-order valence-corrected chi connectivity index (χ1v) is 9.65. The summed E-state index contributed by atoms with van der Waals surface area (Å²) in [6, 6.07) is 13.5. The molecule has 0 bridgehead atoms. The van der Waals surface area contributed by atoms with E-state index >= 15 is 0 Å². The highest BCUT2D eigenvalue weighted by molar-refractivity contribution is 6.07. The van der Waals surface area contributed by atoms with Gasteiger partial charge in [0, 0.05) is 29.3 Å². The van der Waals surface area contributed by atoms with Crippen molar-refractivity contribution < 1.29 is 19.1 Å². The molecule has 154 valence electrons. The fourth-order valence-corrected chi connectivity index (χ4v) is 3.49. The molecule has 0 radical (unpaired) electrons. The second-order valence-corrected chi connectivity index (χ2v) is 7.12. The summed E-state index contributed by atoms with van der Waals surface area (Å²) in [4.78, 5) is 41.5. The quantitative estimate of drug-likeness (QED) is 0.525. The van der Waals surface area contributed by atoms with E-state index in [0.717, 1.165) is 27.1 Å². The molecule has 8 heteroatoms. The number of aromatic amines is 1. The lowest BCUT2D eigenvalue weighted by molar-refractivity contribution is -0.129. The Kier molecular flexibility index (Phi) is 5.38. The predicted molar refractivity (Wildman–Crippen MR) is 112 cm³/mol. The second-order valence-electron chi connectivity index (χ2n) is 7.12. The van der Waals surface area contributed by atoms with Crippen molar-refractivity contribution in [2.24, 2.45) is 0 Å². The fourth-order valence-electron chi connectivity index (χ4n) is 3.49. The lowest BCUT2D eigenvalue weighted by Crippen LogP contribution is -2.34. The zero-order chi connectivity index (χ0) is 21.1. The van der Waals surface area contributed by atoms with Crippen molar-refractivity contribution in [1.29, 1.82) is 0 Å². The number of amides is 4. The standard InChI is InChI=1S/C22H22N4O4/c1-30-17-5-2-14(3-6-17)9-11-26-21(28)19(25-22(26)29)13-20(27)24-16-4-7-18-15(12-16)8-10-23-18/h2-8,10,12,19,23H,9,11,13H2,1H3,(H,24,27)(H,25,29)/t19-/m0/s1. The van der Waals surface area contributed by atoms with Crippen molar-refractivity contribution >= 4 is 34.4 Å². The molecule has 1 fully saturated rings. The molecule has 1 atom stereocenters. The average molecular weight is 406 g/mol. The SMILES string of the molecule is COc1ccc(CCN2C(=O)N[C@@H](CC(=O)Nc3ccc4[nH]ccc4c3)C2=O)cc1. The van der Waals surface area contributed by atoms with Gasteiger partial charge in [0.15, 0.2) is 0 Å². The van der Waals surface area contributed by atoms with Crippen molar-refractivity contribution in [2.75, 3.05) is 19.0 Å². The molecule has 0 aliphatic carbocycles. The number of nitrogens with one attached hydrogen (secondary N) is 3. The van der Waals surface area contributed by atoms with Crippen LogP contribution in [-0.4, -0.2) is 47.4 Å². The number of hydrogen-bond donors (Lipinski definition) is 3. The number of imide groups is 1. The molecule has 0 saturated carbocycles. The Hall–Kier alpha value is -3.81. The van der Waals surface area contributed by atoms with Crippen LogP contribution in [0.15, 0.2) is 54.7 Å². The molecule has 4 amide bonds. The molecule has 2 heterocycles. The number of nitrogens with zero attached hydrogens (tertiary/aromatic N) is 1. The molecule has 4 rings (SSSR count). The number of aromatic nitrogens is 1. The number of anilines is 1. The summed E-state index contributed by atoms with van der Waals surface area (Å²) in [7, 11) is 1.59. The van der Waals surface area contributed by atoms with Crippen LogP contribution in [0, 0.1) is 0 Å². The number of carbonyl (C=O) groups is 3. The third kappa shape index (κ3) is 4.12. The van der Waals surface area contributed by atoms with Crippen molar-refractivity contribution in [1.82, 2.24) is 15.2 Å². The molecule has 1 aliphatic rings. The molecular formula is C22H22N4O4. The van der Waals surface area contributed by atoms with Gasteiger partial charge in [-0.3, -0.25) is 14.5 Å². The maximum absolute atomic E-state index is 12.6. The molecule has 1 aromatic heterocycles. The molecule has 1 aliphatic heterocycles. The van der Waals surface area contributed by atoms with Gasteiger partial charge < -0.3 is 20.4 Å². The Morgan fingerprint density at radius 3 is 2.70 bits per heavy atom. The molecular weight excluding hydrogens is 384 g/mol. The van der Waals surface area contributed by atoms with Gasteiger partial charge in [-0.15, -0.1) is 0 Å². The minimum Gasteiger partial charge on any atom is -0.497 e. The van der Waals surface area contributed by atoms with Crippen molar-refractivity contribution in [3.63, 3.8) is 0 Å². The number of hydrogen-bond acceptors (Lipinski definition) is 4. The Morgan fingerprint density at radius 2 is 1.93 bits per heavy atom. The third-order valence-corrected chi connectivity index (χ3v) is 5.12. The minimum absolute atomic E-state index is 0.116. The summed E-state index contributed by atoms with van der Waals surface area (Å²) in [5, 5.41) is 6.36. The van der Waals surface area contributed by atoms with E-state index in [4.69, 9.17) is 4.74 Å². The number of H-pyrrole nitrogens is 1. The van der Waals surface area contributed by atoms with E-state index in [1.165, 1.54) is 0 Å². The van der Waals surface area contributed by atoms with E-state index < -0.39 is 12.1 Å². The number of benzene rings is 2. The summed E-state index contributed by atoms with van der Waals surface area (Å²) in [6.07, 6.45) is 2.23. The summed E-state index contributed by atoms with van der Waals surface area (Å²) in [5.74, 6) is 0.0285. The van der Waals surface area contributed by atoms with Crippen LogP contribution in [0.5, 0.6) is 5.75 Å². The predicted octanol–water partition coefficient (Wildman–Crippen LogP) is 2.67. The van der Waals surface area contributed by atoms with E-state index in [1.807, 2.05) is 48.7 Å². The fraction of sp³-hybridized carbons (Fsp3) is 0.227. The van der Waals surface area contributed by atoms with Crippen LogP contribution in [-0.2, 0) is 16.0 Å². The third-order valence-electron chi connectivity index (χ3n) is 5.12. The largest absolute Gasteiger partial charge is 0.497 e. The Labute approximate surface area is 173 Å². The van der Waals surface area contributed by atoms with Gasteiger partial charge in [-0.2, -0.15) is 0 Å². The molecule has 3 aromatic rings. The van der Waals surface area contributed by atoms with Crippen LogP contribution in [0.1, 0.15) is 12.0 Å². The molecule has 8 nitrogen and oxygen atoms in total. The smallest absolute Gasteiger partial charge is 0.324 e. The zero-order valence-electron chi connectivity index (χ0n) is 16.5. The summed E-state index contributed by atoms with van der Waals surface area (Å²) < 4.78 is 5.12. The summed E-state index contributed by atoms with van der Waals surface area (Å²) in [5.41, 5.74) is 2.59. The van der Waals surface area contributed by atoms with Crippen LogP contribution < -0.4 is 15.4 Å². The van der Waals surface area contributed by atoms with Gasteiger partial charge in [0.25, 0.3) is 5.91 Å². The normalized spacial score (nSPS) is 16.0. The monoisotopic (exact) mass is 406 g/mol. The Bertz CT molecular complexity index is 1090. The zero-order valence-corrected chi connectivity index (χ0v) is 16.5. The van der Waals surface area contributed by atoms with Crippen LogP contribution in [0.4, 0.5) is 10.5 Å². The van der Waals surface area contributed by atoms with Crippen LogP contribution in [0.3, 0.4) is 0 Å². The number of methoxy groups -OCH3 is 1. The maximum Gasteiger partial charge on any atom is 0.324 e. The van der Waals surface area contributed by atoms with Crippen molar-refractivity contribution in [3.8, 4) is 5.75 Å². The second kappa shape index (κ2) is 8.28. The average Bonchev–Trinajstić information content (AvgIpc) is 3.31. The van der Waals surface area contributed by atoms with Crippen LogP contribution in [0.2, 0.25) is 0 Å². The van der Waals surface area contributed by atoms with Crippen LogP contribution >= 0.6 is 0 Å². The van der Waals surface area contributed by atoms with Gasteiger partial charge >= 0.3 is 6.03 Å². The van der Waals surface area contributed by atoms with Crippen molar-refractivity contribution in [2.45, 2.75) is 18.9 Å². The van der Waals surface area contributed by atoms with Gasteiger partial charge in [0.2, 0.25) is 5.91 Å². The van der Waals surface area contributed by atoms with E-state index in [-0.39, 0.29) is 24.8 Å². The van der Waals surface area contributed by atoms with E-state index in [0.29, 0.717) is 12.1 Å². The van der Waals surface area contributed by atoms with E-state index in [1.54, 1.807) is 13.2 Å². The number of ether oxygens (including phenoxy) is 1. The lowest BCUT2D eigenvalue weighted by Gasteiger charge is -2.13. The number of urea groups is 1.